The van der Waals surface area contributed by atoms with E-state index in [0.29, 0.717) is 11.9 Å². The predicted molar refractivity (Wildman–Crippen MR) is 111 cm³/mol. The van der Waals surface area contributed by atoms with E-state index in [2.05, 4.69) is 34.8 Å². The molecule has 2 fully saturated rings. The second-order valence-electron chi connectivity index (χ2n) is 9.35. The first kappa shape index (κ1) is 19.6. The number of hydrogen-bond donors (Lipinski definition) is 0. The Hall–Kier alpha value is -2.38. The van der Waals surface area contributed by atoms with E-state index in [1.54, 1.807) is 14.2 Å². The Morgan fingerprint density at radius 1 is 1.13 bits per heavy atom. The van der Waals surface area contributed by atoms with Gasteiger partial charge in [0.1, 0.15) is 5.60 Å². The molecular formula is C23H29N3O4. The number of hydrogen-bond acceptors (Lipinski definition) is 7. The molecule has 3 aliphatic heterocycles. The number of nitrogens with zero attached hydrogens (tertiary/aromatic N) is 3. The van der Waals surface area contributed by atoms with Gasteiger partial charge in [-0.1, -0.05) is 12.1 Å². The number of para-hydroxylation sites is 1. The molecule has 30 heavy (non-hydrogen) atoms. The lowest BCUT2D eigenvalue weighted by Gasteiger charge is -2.58. The minimum absolute atomic E-state index is 0.0495. The van der Waals surface area contributed by atoms with Crippen molar-refractivity contribution in [3.63, 3.8) is 0 Å². The van der Waals surface area contributed by atoms with Gasteiger partial charge < -0.3 is 18.9 Å². The summed E-state index contributed by atoms with van der Waals surface area (Å²) in [6.07, 6.45) is 4.82. The molecule has 5 rings (SSSR count). The Morgan fingerprint density at radius 3 is 2.60 bits per heavy atom. The van der Waals surface area contributed by atoms with Crippen LogP contribution >= 0.6 is 0 Å². The summed E-state index contributed by atoms with van der Waals surface area (Å²) in [6, 6.07) is 6.49. The van der Waals surface area contributed by atoms with Crippen LogP contribution in [0.5, 0.6) is 17.5 Å². The third-order valence-electron chi connectivity index (χ3n) is 6.77. The fourth-order valence-corrected chi connectivity index (χ4v) is 5.32. The van der Waals surface area contributed by atoms with Gasteiger partial charge in [-0.3, -0.25) is 4.90 Å². The van der Waals surface area contributed by atoms with Crippen molar-refractivity contribution in [1.82, 2.24) is 14.9 Å². The summed E-state index contributed by atoms with van der Waals surface area (Å²) in [7, 11) is 3.26. The van der Waals surface area contributed by atoms with E-state index in [1.165, 1.54) is 0 Å². The summed E-state index contributed by atoms with van der Waals surface area (Å²) in [5.41, 5.74) is 2.08. The number of benzene rings is 1. The number of rotatable bonds is 4. The first-order chi connectivity index (χ1) is 14.4. The Bertz CT molecular complexity index is 925. The van der Waals surface area contributed by atoms with E-state index >= 15 is 0 Å². The fraction of sp³-hybridized carbons (Fsp3) is 0.565. The predicted octanol–water partition coefficient (Wildman–Crippen LogP) is 3.24. The van der Waals surface area contributed by atoms with Crippen LogP contribution in [0.3, 0.4) is 0 Å². The zero-order valence-corrected chi connectivity index (χ0v) is 18.1. The van der Waals surface area contributed by atoms with Crippen molar-refractivity contribution in [3.05, 3.63) is 41.7 Å². The minimum Gasteiger partial charge on any atom is -0.493 e. The molecule has 0 radical (unpaired) electrons. The van der Waals surface area contributed by atoms with Crippen LogP contribution in [0.2, 0.25) is 0 Å². The molecule has 4 heterocycles. The number of methoxy groups -OCH3 is 2. The van der Waals surface area contributed by atoms with Crippen molar-refractivity contribution in [1.29, 1.82) is 0 Å². The molecule has 0 saturated carbocycles. The number of fused-ring (bicyclic) bond motifs is 3. The van der Waals surface area contributed by atoms with Crippen molar-refractivity contribution in [2.45, 2.75) is 38.5 Å². The van der Waals surface area contributed by atoms with Gasteiger partial charge in [-0.25, -0.2) is 9.97 Å². The molecule has 7 heteroatoms. The number of likely N-dealkylation sites (tertiary alicyclic amines) is 1. The smallest absolute Gasteiger partial charge is 0.316 e. The van der Waals surface area contributed by atoms with Gasteiger partial charge >= 0.3 is 6.01 Å². The SMILES string of the molecule is COc1ncc(CN2CC3(CO[C@@H]4c5cccc(OC)c5OC(C)(C)[C@H]4C3)C2)cn1. The zero-order chi connectivity index (χ0) is 20.9. The molecule has 2 saturated heterocycles. The summed E-state index contributed by atoms with van der Waals surface area (Å²) in [4.78, 5) is 10.9. The van der Waals surface area contributed by atoms with Gasteiger partial charge in [-0.2, -0.15) is 0 Å². The van der Waals surface area contributed by atoms with Gasteiger partial charge in [0.25, 0.3) is 0 Å². The Labute approximate surface area is 177 Å². The molecule has 0 amide bonds. The van der Waals surface area contributed by atoms with Crippen molar-refractivity contribution in [2.24, 2.45) is 11.3 Å². The second-order valence-corrected chi connectivity index (χ2v) is 9.35. The van der Waals surface area contributed by atoms with E-state index in [0.717, 1.165) is 55.3 Å². The lowest BCUT2D eigenvalue weighted by atomic mass is 9.64. The van der Waals surface area contributed by atoms with E-state index < -0.39 is 0 Å². The molecule has 1 aromatic carbocycles. The Kier molecular flexibility index (Phi) is 4.63. The maximum atomic E-state index is 6.53. The molecule has 0 bridgehead atoms. The molecule has 0 N–H and O–H groups in total. The van der Waals surface area contributed by atoms with Crippen LogP contribution in [-0.4, -0.2) is 54.4 Å². The highest BCUT2D eigenvalue weighted by Crippen LogP contribution is 2.56. The van der Waals surface area contributed by atoms with Crippen LogP contribution in [0.15, 0.2) is 30.6 Å². The average Bonchev–Trinajstić information content (AvgIpc) is 2.73. The largest absolute Gasteiger partial charge is 0.493 e. The van der Waals surface area contributed by atoms with Crippen LogP contribution in [0.25, 0.3) is 0 Å². The highest BCUT2D eigenvalue weighted by atomic mass is 16.5. The van der Waals surface area contributed by atoms with E-state index in [-0.39, 0.29) is 17.1 Å². The molecular weight excluding hydrogens is 382 g/mol. The van der Waals surface area contributed by atoms with Crippen molar-refractivity contribution >= 4 is 0 Å². The summed E-state index contributed by atoms with van der Waals surface area (Å²) < 4.78 is 23.6. The average molecular weight is 412 g/mol. The molecule has 2 atom stereocenters. The van der Waals surface area contributed by atoms with E-state index in [4.69, 9.17) is 18.9 Å². The van der Waals surface area contributed by atoms with Crippen LogP contribution in [-0.2, 0) is 11.3 Å². The fourth-order valence-electron chi connectivity index (χ4n) is 5.32. The van der Waals surface area contributed by atoms with Crippen LogP contribution < -0.4 is 14.2 Å². The molecule has 7 nitrogen and oxygen atoms in total. The highest BCUT2D eigenvalue weighted by molar-refractivity contribution is 5.50. The van der Waals surface area contributed by atoms with Gasteiger partial charge in [0, 0.05) is 54.5 Å². The maximum absolute atomic E-state index is 6.53. The van der Waals surface area contributed by atoms with Crippen molar-refractivity contribution < 1.29 is 18.9 Å². The first-order valence-electron chi connectivity index (χ1n) is 10.5. The monoisotopic (exact) mass is 411 g/mol. The summed E-state index contributed by atoms with van der Waals surface area (Å²) in [5, 5.41) is 0. The third kappa shape index (κ3) is 3.20. The van der Waals surface area contributed by atoms with Crippen molar-refractivity contribution in [3.8, 4) is 17.5 Å². The lowest BCUT2D eigenvalue weighted by molar-refractivity contribution is -0.200. The topological polar surface area (TPSA) is 65.9 Å². The molecule has 0 aliphatic carbocycles. The molecule has 160 valence electrons. The normalized spacial score (nSPS) is 26.1. The zero-order valence-electron chi connectivity index (χ0n) is 18.1. The number of ether oxygens (including phenoxy) is 4. The molecule has 1 spiro atoms. The van der Waals surface area contributed by atoms with Crippen LogP contribution in [0.1, 0.15) is 37.5 Å². The minimum atomic E-state index is -0.316. The molecule has 2 aromatic rings. The second kappa shape index (κ2) is 7.10. The van der Waals surface area contributed by atoms with E-state index in [1.807, 2.05) is 24.5 Å². The molecule has 1 aromatic heterocycles. The molecule has 3 aliphatic rings. The van der Waals surface area contributed by atoms with Crippen LogP contribution in [0, 0.1) is 11.3 Å². The molecule has 0 unspecified atom stereocenters. The highest BCUT2D eigenvalue weighted by Gasteiger charge is 2.56. The van der Waals surface area contributed by atoms with Crippen molar-refractivity contribution in [2.75, 3.05) is 33.9 Å². The summed E-state index contributed by atoms with van der Waals surface area (Å²) in [6.45, 7) is 8.00. The quantitative estimate of drug-likeness (QED) is 0.765. The standard InChI is InChI=1S/C23H29N3O4/c1-22(2)17-8-23(12-26(13-23)11-15-9-24-21(28-4)25-10-15)14-29-19(17)16-6-5-7-18(27-3)20(16)30-22/h5-7,9-10,17,19H,8,11-14H2,1-4H3/t17-,19+/m0/s1. The number of aromatic nitrogens is 2. The maximum Gasteiger partial charge on any atom is 0.316 e. The lowest BCUT2D eigenvalue weighted by Crippen LogP contribution is -2.63. The van der Waals surface area contributed by atoms with Gasteiger partial charge in [-0.15, -0.1) is 0 Å². The van der Waals surface area contributed by atoms with Crippen LogP contribution in [0.4, 0.5) is 0 Å². The summed E-state index contributed by atoms with van der Waals surface area (Å²) >= 11 is 0. The van der Waals surface area contributed by atoms with E-state index in [9.17, 15) is 0 Å². The van der Waals surface area contributed by atoms with Gasteiger partial charge in [0.2, 0.25) is 0 Å². The van der Waals surface area contributed by atoms with Gasteiger partial charge in [0.15, 0.2) is 11.5 Å². The van der Waals surface area contributed by atoms with Gasteiger partial charge in [0.05, 0.1) is 26.9 Å². The van der Waals surface area contributed by atoms with Gasteiger partial charge in [-0.05, 0) is 26.3 Å². The Morgan fingerprint density at radius 2 is 1.90 bits per heavy atom. The Balaban J connectivity index is 1.29. The third-order valence-corrected chi connectivity index (χ3v) is 6.77. The summed E-state index contributed by atoms with van der Waals surface area (Å²) in [5.74, 6) is 1.91. The first-order valence-corrected chi connectivity index (χ1v) is 10.5.